The van der Waals surface area contributed by atoms with Crippen molar-refractivity contribution in [2.75, 3.05) is 20.1 Å². The number of nitrogens with zero attached hydrogens (tertiary/aromatic N) is 1. The van der Waals surface area contributed by atoms with Gasteiger partial charge in [-0.25, -0.2) is 4.79 Å². The number of benzene rings is 2. The standard InChI is InChI=1S/C20H19NO2S/c1-21-10-8-13(9-11-21)19-15-4-2-3-5-17(15)24-18-7-6-14(20(22)23)12-16(18)19/h2-7,12H,8-11H2,1H3,(H,22,23). The molecular formula is C20H19NO2S. The summed E-state index contributed by atoms with van der Waals surface area (Å²) >= 11 is 1.73. The van der Waals surface area contributed by atoms with Gasteiger partial charge in [0.1, 0.15) is 0 Å². The minimum atomic E-state index is -0.866. The molecule has 0 bridgehead atoms. The van der Waals surface area contributed by atoms with Gasteiger partial charge < -0.3 is 10.0 Å². The molecule has 24 heavy (non-hydrogen) atoms. The molecule has 2 aliphatic heterocycles. The van der Waals surface area contributed by atoms with Crippen LogP contribution in [0.2, 0.25) is 0 Å². The third-order valence-electron chi connectivity index (χ3n) is 4.82. The maximum atomic E-state index is 11.4. The van der Waals surface area contributed by atoms with Gasteiger partial charge in [0.2, 0.25) is 0 Å². The lowest BCUT2D eigenvalue weighted by Crippen LogP contribution is -2.27. The first-order valence-electron chi connectivity index (χ1n) is 8.19. The molecule has 2 aromatic carbocycles. The van der Waals surface area contributed by atoms with Crippen LogP contribution in [-0.2, 0) is 0 Å². The Balaban J connectivity index is 1.93. The summed E-state index contributed by atoms with van der Waals surface area (Å²) < 4.78 is 0. The predicted molar refractivity (Wildman–Crippen MR) is 96.7 cm³/mol. The van der Waals surface area contributed by atoms with Crippen LogP contribution in [0.4, 0.5) is 0 Å². The Labute approximate surface area is 146 Å². The van der Waals surface area contributed by atoms with Crippen molar-refractivity contribution < 1.29 is 9.90 Å². The second-order valence-electron chi connectivity index (χ2n) is 6.40. The van der Waals surface area contributed by atoms with Gasteiger partial charge in [0.25, 0.3) is 0 Å². The van der Waals surface area contributed by atoms with E-state index < -0.39 is 5.97 Å². The number of piperidine rings is 1. The SMILES string of the molecule is CN1CCC(=C2c3ccccc3Sc3ccc(C(=O)O)cc32)CC1. The van der Waals surface area contributed by atoms with Crippen molar-refractivity contribution in [1.82, 2.24) is 4.90 Å². The van der Waals surface area contributed by atoms with Crippen LogP contribution in [0.3, 0.4) is 0 Å². The lowest BCUT2D eigenvalue weighted by molar-refractivity contribution is 0.0696. The Kier molecular flexibility index (Phi) is 3.94. The highest BCUT2D eigenvalue weighted by atomic mass is 32.2. The lowest BCUT2D eigenvalue weighted by Gasteiger charge is -2.30. The molecule has 0 spiro atoms. The summed E-state index contributed by atoms with van der Waals surface area (Å²) in [6, 6.07) is 14.0. The van der Waals surface area contributed by atoms with Gasteiger partial charge >= 0.3 is 5.97 Å². The second-order valence-corrected chi connectivity index (χ2v) is 7.48. The molecule has 2 heterocycles. The third-order valence-corrected chi connectivity index (χ3v) is 5.97. The molecule has 0 aromatic heterocycles. The molecule has 0 unspecified atom stereocenters. The number of hydrogen-bond donors (Lipinski definition) is 1. The number of fused-ring (bicyclic) bond motifs is 2. The Hall–Kier alpha value is -2.04. The van der Waals surface area contributed by atoms with E-state index >= 15 is 0 Å². The second kappa shape index (κ2) is 6.11. The fourth-order valence-corrected chi connectivity index (χ4v) is 4.56. The van der Waals surface area contributed by atoms with E-state index in [9.17, 15) is 9.90 Å². The molecule has 0 atom stereocenters. The quantitative estimate of drug-likeness (QED) is 0.715. The van der Waals surface area contributed by atoms with Gasteiger partial charge in [-0.3, -0.25) is 0 Å². The normalized spacial score (nSPS) is 17.4. The van der Waals surface area contributed by atoms with E-state index in [4.69, 9.17) is 0 Å². The molecule has 2 aliphatic rings. The van der Waals surface area contributed by atoms with Gasteiger partial charge in [-0.2, -0.15) is 0 Å². The van der Waals surface area contributed by atoms with E-state index in [0.29, 0.717) is 5.56 Å². The molecule has 3 nitrogen and oxygen atoms in total. The smallest absolute Gasteiger partial charge is 0.335 e. The molecule has 1 N–H and O–H groups in total. The van der Waals surface area contributed by atoms with Crippen LogP contribution in [0.5, 0.6) is 0 Å². The molecule has 0 saturated carbocycles. The van der Waals surface area contributed by atoms with E-state index in [0.717, 1.165) is 36.4 Å². The highest BCUT2D eigenvalue weighted by Gasteiger charge is 2.26. The number of carboxylic acids is 1. The average molecular weight is 337 g/mol. The van der Waals surface area contributed by atoms with Crippen molar-refractivity contribution in [2.45, 2.75) is 22.6 Å². The fraction of sp³-hybridized carbons (Fsp3) is 0.250. The monoisotopic (exact) mass is 337 g/mol. The number of aromatic carboxylic acids is 1. The number of hydrogen-bond acceptors (Lipinski definition) is 3. The van der Waals surface area contributed by atoms with Crippen LogP contribution < -0.4 is 0 Å². The molecule has 1 fully saturated rings. The minimum absolute atomic E-state index is 0.361. The number of likely N-dealkylation sites (tertiary alicyclic amines) is 1. The molecular weight excluding hydrogens is 318 g/mol. The third kappa shape index (κ3) is 2.66. The highest BCUT2D eigenvalue weighted by Crippen LogP contribution is 2.47. The molecule has 0 amide bonds. The summed E-state index contributed by atoms with van der Waals surface area (Å²) in [5.41, 5.74) is 5.40. The molecule has 0 radical (unpaired) electrons. The summed E-state index contributed by atoms with van der Waals surface area (Å²) in [5, 5.41) is 9.38. The summed E-state index contributed by atoms with van der Waals surface area (Å²) in [4.78, 5) is 16.2. The Morgan fingerprint density at radius 1 is 1.04 bits per heavy atom. The average Bonchev–Trinajstić information content (AvgIpc) is 2.60. The zero-order valence-corrected chi connectivity index (χ0v) is 14.4. The lowest BCUT2D eigenvalue weighted by atomic mass is 9.87. The largest absolute Gasteiger partial charge is 0.478 e. The molecule has 2 aromatic rings. The van der Waals surface area contributed by atoms with Crippen LogP contribution in [0.1, 0.15) is 34.3 Å². The van der Waals surface area contributed by atoms with Crippen molar-refractivity contribution in [1.29, 1.82) is 0 Å². The molecule has 122 valence electrons. The zero-order valence-electron chi connectivity index (χ0n) is 13.6. The van der Waals surface area contributed by atoms with Crippen LogP contribution in [0.25, 0.3) is 5.57 Å². The predicted octanol–water partition coefficient (Wildman–Crippen LogP) is 4.38. The van der Waals surface area contributed by atoms with E-state index in [1.807, 2.05) is 12.1 Å². The molecule has 4 heteroatoms. The number of carbonyl (C=O) groups is 1. The topological polar surface area (TPSA) is 40.5 Å². The Morgan fingerprint density at radius 2 is 1.75 bits per heavy atom. The van der Waals surface area contributed by atoms with E-state index in [-0.39, 0.29) is 0 Å². The van der Waals surface area contributed by atoms with Crippen molar-refractivity contribution in [3.63, 3.8) is 0 Å². The van der Waals surface area contributed by atoms with E-state index in [1.54, 1.807) is 17.8 Å². The van der Waals surface area contributed by atoms with E-state index in [2.05, 4.69) is 36.2 Å². The molecule has 1 saturated heterocycles. The number of rotatable bonds is 1. The van der Waals surface area contributed by atoms with Crippen molar-refractivity contribution >= 4 is 23.3 Å². The van der Waals surface area contributed by atoms with Crippen LogP contribution in [-0.4, -0.2) is 36.1 Å². The number of carboxylic acid groups (broad SMARTS) is 1. The summed E-state index contributed by atoms with van der Waals surface area (Å²) in [7, 11) is 2.16. The van der Waals surface area contributed by atoms with Gasteiger partial charge in [-0.1, -0.05) is 35.5 Å². The minimum Gasteiger partial charge on any atom is -0.478 e. The van der Waals surface area contributed by atoms with Gasteiger partial charge in [-0.15, -0.1) is 0 Å². The first-order valence-corrected chi connectivity index (χ1v) is 9.00. The fourth-order valence-electron chi connectivity index (χ4n) is 3.49. The first-order chi connectivity index (χ1) is 11.6. The molecule has 0 aliphatic carbocycles. The molecule has 4 rings (SSSR count). The summed E-state index contributed by atoms with van der Waals surface area (Å²) in [6.45, 7) is 2.12. The first kappa shape index (κ1) is 15.5. The van der Waals surface area contributed by atoms with Crippen molar-refractivity contribution in [3.8, 4) is 0 Å². The van der Waals surface area contributed by atoms with Crippen molar-refractivity contribution in [3.05, 3.63) is 64.7 Å². The van der Waals surface area contributed by atoms with Gasteiger partial charge in [0, 0.05) is 22.9 Å². The highest BCUT2D eigenvalue weighted by molar-refractivity contribution is 7.99. The van der Waals surface area contributed by atoms with Gasteiger partial charge in [-0.05, 0) is 60.9 Å². The summed E-state index contributed by atoms with van der Waals surface area (Å²) in [6.07, 6.45) is 2.09. The van der Waals surface area contributed by atoms with Gasteiger partial charge in [0.05, 0.1) is 5.56 Å². The summed E-state index contributed by atoms with van der Waals surface area (Å²) in [5.74, 6) is -0.866. The maximum Gasteiger partial charge on any atom is 0.335 e. The van der Waals surface area contributed by atoms with Crippen LogP contribution in [0, 0.1) is 0 Å². The Morgan fingerprint density at radius 3 is 2.50 bits per heavy atom. The zero-order chi connectivity index (χ0) is 16.7. The van der Waals surface area contributed by atoms with Crippen LogP contribution in [0.15, 0.2) is 57.8 Å². The maximum absolute atomic E-state index is 11.4. The van der Waals surface area contributed by atoms with Crippen LogP contribution >= 0.6 is 11.8 Å². The van der Waals surface area contributed by atoms with E-state index in [1.165, 1.54) is 21.6 Å². The Bertz CT molecular complexity index is 846. The van der Waals surface area contributed by atoms with Crippen molar-refractivity contribution in [2.24, 2.45) is 0 Å². The van der Waals surface area contributed by atoms with Gasteiger partial charge in [0.15, 0.2) is 0 Å².